The van der Waals surface area contributed by atoms with Crippen molar-refractivity contribution in [2.24, 2.45) is 0 Å². The molecule has 0 radical (unpaired) electrons. The number of hydrogen-bond donors (Lipinski definition) is 2. The van der Waals surface area contributed by atoms with E-state index in [1.54, 1.807) is 18.2 Å². The smallest absolute Gasteiger partial charge is 0.271 e. The fourth-order valence-electron chi connectivity index (χ4n) is 2.83. The summed E-state index contributed by atoms with van der Waals surface area (Å²) in [4.78, 5) is 28.6. The summed E-state index contributed by atoms with van der Waals surface area (Å²) >= 11 is 7.10. The zero-order valence-electron chi connectivity index (χ0n) is 14.8. The van der Waals surface area contributed by atoms with E-state index < -0.39 is 10.8 Å². The Kier molecular flexibility index (Phi) is 4.87. The fraction of sp³-hybridized carbons (Fsp3) is 0. The molecule has 4 rings (SSSR count). The number of nitrogen functional groups attached to an aromatic ring is 1. The number of carbonyl (C=O) groups excluding carboxylic acids is 1. The molecule has 0 spiro atoms. The fourth-order valence-corrected chi connectivity index (χ4v) is 3.95. The Morgan fingerprint density at radius 3 is 2.62 bits per heavy atom. The van der Waals surface area contributed by atoms with Crippen LogP contribution in [0.25, 0.3) is 21.5 Å². The lowest BCUT2D eigenvalue weighted by molar-refractivity contribution is -0.384. The Labute approximate surface area is 173 Å². The molecule has 2 aromatic heterocycles. The number of hydrogen-bond acceptors (Lipinski definition) is 6. The Morgan fingerprint density at radius 2 is 1.90 bits per heavy atom. The predicted octanol–water partition coefficient (Wildman–Crippen LogP) is 5.36. The van der Waals surface area contributed by atoms with Crippen LogP contribution in [0.4, 0.5) is 17.1 Å². The maximum Gasteiger partial charge on any atom is 0.271 e. The third-order valence-corrected chi connectivity index (χ3v) is 5.62. The first-order valence-corrected chi connectivity index (χ1v) is 9.62. The van der Waals surface area contributed by atoms with Gasteiger partial charge in [-0.3, -0.25) is 14.9 Å². The van der Waals surface area contributed by atoms with Gasteiger partial charge in [-0.25, -0.2) is 4.98 Å². The molecule has 0 aliphatic carbocycles. The van der Waals surface area contributed by atoms with Crippen LogP contribution in [0.15, 0.2) is 60.7 Å². The highest BCUT2D eigenvalue weighted by molar-refractivity contribution is 7.21. The Morgan fingerprint density at radius 1 is 1.14 bits per heavy atom. The van der Waals surface area contributed by atoms with Crippen molar-refractivity contribution in [2.45, 2.75) is 0 Å². The SMILES string of the molecule is Nc1c(C(=O)Nc2cccc([N+](=O)[O-])c2)sc2nc(-c3ccc(Cl)cc3)ccc12. The zero-order chi connectivity index (χ0) is 20.5. The number of halogens is 1. The number of amides is 1. The number of anilines is 2. The van der Waals surface area contributed by atoms with E-state index in [0.29, 0.717) is 31.5 Å². The number of nitrogens with two attached hydrogens (primary N) is 1. The number of nitro benzene ring substituents is 1. The zero-order valence-corrected chi connectivity index (χ0v) is 16.3. The van der Waals surface area contributed by atoms with E-state index in [1.807, 2.05) is 24.3 Å². The molecule has 144 valence electrons. The molecule has 4 aromatic rings. The molecular weight excluding hydrogens is 412 g/mol. The van der Waals surface area contributed by atoms with Gasteiger partial charge in [-0.2, -0.15) is 0 Å². The average Bonchev–Trinajstić information content (AvgIpc) is 3.05. The number of thiophene rings is 1. The van der Waals surface area contributed by atoms with E-state index in [1.165, 1.54) is 29.5 Å². The van der Waals surface area contributed by atoms with Crippen molar-refractivity contribution < 1.29 is 9.72 Å². The maximum absolute atomic E-state index is 12.7. The monoisotopic (exact) mass is 424 g/mol. The molecular formula is C20H13ClN4O3S. The van der Waals surface area contributed by atoms with E-state index >= 15 is 0 Å². The summed E-state index contributed by atoms with van der Waals surface area (Å²) in [6.07, 6.45) is 0. The molecule has 29 heavy (non-hydrogen) atoms. The van der Waals surface area contributed by atoms with Crippen LogP contribution in [-0.2, 0) is 0 Å². The third-order valence-electron chi connectivity index (χ3n) is 4.25. The molecule has 0 unspecified atom stereocenters. The standard InChI is InChI=1S/C20H13ClN4O3S/c21-12-6-4-11(5-7-12)16-9-8-15-17(22)18(29-20(15)24-16)19(26)23-13-2-1-3-14(10-13)25(27)28/h1-10H,22H2,(H,23,26). The molecule has 2 heterocycles. The Balaban J connectivity index is 1.66. The number of carbonyl (C=O) groups is 1. The number of aromatic nitrogens is 1. The molecule has 0 bridgehead atoms. The van der Waals surface area contributed by atoms with E-state index in [-0.39, 0.29) is 5.69 Å². The van der Waals surface area contributed by atoms with Gasteiger partial charge in [-0.05, 0) is 30.3 Å². The number of fused-ring (bicyclic) bond motifs is 1. The van der Waals surface area contributed by atoms with E-state index in [9.17, 15) is 14.9 Å². The molecule has 3 N–H and O–H groups in total. The van der Waals surface area contributed by atoms with E-state index in [4.69, 9.17) is 17.3 Å². The second-order valence-electron chi connectivity index (χ2n) is 6.16. The van der Waals surface area contributed by atoms with Crippen molar-refractivity contribution in [3.8, 4) is 11.3 Å². The van der Waals surface area contributed by atoms with Crippen LogP contribution >= 0.6 is 22.9 Å². The number of non-ortho nitro benzene ring substituents is 1. The minimum absolute atomic E-state index is 0.110. The predicted molar refractivity (Wildman–Crippen MR) is 116 cm³/mol. The van der Waals surface area contributed by atoms with Gasteiger partial charge in [0.05, 0.1) is 16.3 Å². The van der Waals surface area contributed by atoms with Crippen molar-refractivity contribution in [3.63, 3.8) is 0 Å². The van der Waals surface area contributed by atoms with Gasteiger partial charge in [0.25, 0.3) is 11.6 Å². The van der Waals surface area contributed by atoms with Crippen LogP contribution in [0, 0.1) is 10.1 Å². The molecule has 0 saturated heterocycles. The first kappa shape index (κ1) is 18.9. The lowest BCUT2D eigenvalue weighted by Gasteiger charge is -2.04. The van der Waals surface area contributed by atoms with Gasteiger partial charge in [0.1, 0.15) is 9.71 Å². The van der Waals surface area contributed by atoms with Gasteiger partial charge in [0.15, 0.2) is 0 Å². The highest BCUT2D eigenvalue weighted by atomic mass is 35.5. The molecule has 9 heteroatoms. The molecule has 2 aromatic carbocycles. The largest absolute Gasteiger partial charge is 0.397 e. The number of rotatable bonds is 4. The second kappa shape index (κ2) is 7.50. The van der Waals surface area contributed by atoms with Crippen molar-refractivity contribution in [2.75, 3.05) is 11.1 Å². The molecule has 1 amide bonds. The first-order valence-electron chi connectivity index (χ1n) is 8.43. The quantitative estimate of drug-likeness (QED) is 0.338. The van der Waals surface area contributed by atoms with E-state index in [2.05, 4.69) is 10.3 Å². The van der Waals surface area contributed by atoms with Crippen molar-refractivity contribution in [3.05, 3.63) is 80.7 Å². The highest BCUT2D eigenvalue weighted by Gasteiger charge is 2.19. The average molecular weight is 425 g/mol. The summed E-state index contributed by atoms with van der Waals surface area (Å²) in [6, 6.07) is 16.7. The number of nitrogens with zero attached hydrogens (tertiary/aromatic N) is 2. The number of nitro groups is 1. The topological polar surface area (TPSA) is 111 Å². The third kappa shape index (κ3) is 3.75. The Hall–Kier alpha value is -3.49. The van der Waals surface area contributed by atoms with Crippen LogP contribution in [0.3, 0.4) is 0 Å². The minimum Gasteiger partial charge on any atom is -0.397 e. The normalized spacial score (nSPS) is 10.8. The van der Waals surface area contributed by atoms with Crippen molar-refractivity contribution in [1.82, 2.24) is 4.98 Å². The summed E-state index contributed by atoms with van der Waals surface area (Å²) in [6.45, 7) is 0. The van der Waals surface area contributed by atoms with Crippen LogP contribution in [0.2, 0.25) is 5.02 Å². The molecule has 0 saturated carbocycles. The number of benzene rings is 2. The van der Waals surface area contributed by atoms with Crippen LogP contribution in [-0.4, -0.2) is 15.8 Å². The summed E-state index contributed by atoms with van der Waals surface area (Å²) in [7, 11) is 0. The summed E-state index contributed by atoms with van der Waals surface area (Å²) < 4.78 is 0. The van der Waals surface area contributed by atoms with Crippen molar-refractivity contribution in [1.29, 1.82) is 0 Å². The molecule has 7 nitrogen and oxygen atoms in total. The van der Waals surface area contributed by atoms with Crippen molar-refractivity contribution >= 4 is 56.1 Å². The Bertz CT molecular complexity index is 1250. The second-order valence-corrected chi connectivity index (χ2v) is 7.60. The first-order chi connectivity index (χ1) is 13.9. The molecule has 0 fully saturated rings. The van der Waals surface area contributed by atoms with Gasteiger partial charge in [-0.1, -0.05) is 29.8 Å². The van der Waals surface area contributed by atoms with Gasteiger partial charge >= 0.3 is 0 Å². The minimum atomic E-state index is -0.522. The lowest BCUT2D eigenvalue weighted by Crippen LogP contribution is -2.12. The molecule has 0 atom stereocenters. The van der Waals surface area contributed by atoms with E-state index in [0.717, 1.165) is 11.3 Å². The molecule has 0 aliphatic heterocycles. The van der Waals surface area contributed by atoms with Crippen LogP contribution in [0.5, 0.6) is 0 Å². The summed E-state index contributed by atoms with van der Waals surface area (Å²) in [5, 5.41) is 14.9. The van der Waals surface area contributed by atoms with Gasteiger partial charge in [0.2, 0.25) is 0 Å². The number of pyridine rings is 1. The summed E-state index contributed by atoms with van der Waals surface area (Å²) in [5.41, 5.74) is 8.32. The lowest BCUT2D eigenvalue weighted by atomic mass is 10.1. The maximum atomic E-state index is 12.7. The number of nitrogens with one attached hydrogen (secondary N) is 1. The van der Waals surface area contributed by atoms with Crippen LogP contribution in [0.1, 0.15) is 9.67 Å². The van der Waals surface area contributed by atoms with Crippen LogP contribution < -0.4 is 11.1 Å². The van der Waals surface area contributed by atoms with Gasteiger partial charge < -0.3 is 11.1 Å². The van der Waals surface area contributed by atoms with Gasteiger partial charge in [-0.15, -0.1) is 11.3 Å². The van der Waals surface area contributed by atoms with Gasteiger partial charge in [0, 0.05) is 33.8 Å². The highest BCUT2D eigenvalue weighted by Crippen LogP contribution is 2.35. The molecule has 0 aliphatic rings. The summed E-state index contributed by atoms with van der Waals surface area (Å²) in [5.74, 6) is -0.445.